The summed E-state index contributed by atoms with van der Waals surface area (Å²) in [5.74, 6) is 0. The van der Waals surface area contributed by atoms with Crippen LogP contribution in [0, 0.1) is 6.92 Å². The van der Waals surface area contributed by atoms with E-state index in [9.17, 15) is 8.42 Å². The summed E-state index contributed by atoms with van der Waals surface area (Å²) in [6.07, 6.45) is -2.55. The maximum Gasteiger partial charge on any atom is 0.297 e. The van der Waals surface area contributed by atoms with Crippen LogP contribution in [-0.2, 0) is 33.2 Å². The van der Waals surface area contributed by atoms with Gasteiger partial charge in [0, 0.05) is 8.86 Å². The first-order chi connectivity index (χ1) is 12.5. The smallest absolute Gasteiger partial charge is 0.297 e. The van der Waals surface area contributed by atoms with Crippen LogP contribution >= 0.6 is 45.2 Å². The molecular formula is C16H20I2O7S. The summed E-state index contributed by atoms with van der Waals surface area (Å²) >= 11 is 4.35. The van der Waals surface area contributed by atoms with Crippen LogP contribution in [0.3, 0.4) is 0 Å². The largest absolute Gasteiger partial charge is 0.349 e. The highest BCUT2D eigenvalue weighted by molar-refractivity contribution is 14.1. The third kappa shape index (κ3) is 4.70. The van der Waals surface area contributed by atoms with Gasteiger partial charge in [-0.1, -0.05) is 62.9 Å². The molecule has 1 aromatic rings. The number of ether oxygens (including phenoxy) is 4. The van der Waals surface area contributed by atoms with E-state index in [1.807, 2.05) is 6.92 Å². The molecule has 0 amide bonds. The maximum absolute atomic E-state index is 12.8. The van der Waals surface area contributed by atoms with Gasteiger partial charge in [0.05, 0.1) is 17.1 Å². The summed E-state index contributed by atoms with van der Waals surface area (Å²) in [7, 11) is -3.97. The van der Waals surface area contributed by atoms with Crippen LogP contribution in [0.15, 0.2) is 29.2 Å². The fraction of sp³-hybridized carbons (Fsp3) is 0.625. The normalized spacial score (nSPS) is 32.7. The van der Waals surface area contributed by atoms with Gasteiger partial charge in [0.2, 0.25) is 0 Å². The van der Waals surface area contributed by atoms with E-state index in [1.165, 1.54) is 12.1 Å². The average molecular weight is 610 g/mol. The zero-order chi connectivity index (χ0) is 18.7. The minimum absolute atomic E-state index is 0.0408. The Morgan fingerprint density at radius 3 is 2.15 bits per heavy atom. The van der Waals surface area contributed by atoms with Gasteiger partial charge in [-0.05, 0) is 19.1 Å². The SMILES string of the molecule is Cc1ccc(S(=O)(=O)OC2C(CI)OCOC3C(CI)OCOC32)cc1. The summed E-state index contributed by atoms with van der Waals surface area (Å²) in [5.41, 5.74) is 0.970. The Hall–Kier alpha value is 0.430. The first kappa shape index (κ1) is 21.1. The van der Waals surface area contributed by atoms with Gasteiger partial charge < -0.3 is 18.9 Å². The first-order valence-corrected chi connectivity index (χ1v) is 12.5. The number of halogens is 2. The van der Waals surface area contributed by atoms with Crippen molar-refractivity contribution in [3.8, 4) is 0 Å². The van der Waals surface area contributed by atoms with Gasteiger partial charge >= 0.3 is 0 Å². The van der Waals surface area contributed by atoms with Crippen molar-refractivity contribution in [3.63, 3.8) is 0 Å². The Morgan fingerprint density at radius 2 is 1.54 bits per heavy atom. The molecule has 0 N–H and O–H groups in total. The first-order valence-electron chi connectivity index (χ1n) is 8.04. The molecular weight excluding hydrogens is 590 g/mol. The Balaban J connectivity index is 1.89. The zero-order valence-corrected chi connectivity index (χ0v) is 19.2. The second kappa shape index (κ2) is 9.29. The molecule has 5 unspecified atom stereocenters. The second-order valence-electron chi connectivity index (χ2n) is 6.05. The third-order valence-electron chi connectivity index (χ3n) is 4.32. The lowest BCUT2D eigenvalue weighted by molar-refractivity contribution is -0.249. The topological polar surface area (TPSA) is 80.3 Å². The molecule has 1 aromatic carbocycles. The Kier molecular flexibility index (Phi) is 7.55. The summed E-state index contributed by atoms with van der Waals surface area (Å²) < 4.78 is 55.2. The lowest BCUT2D eigenvalue weighted by Crippen LogP contribution is -2.56. The molecule has 2 aliphatic heterocycles. The van der Waals surface area contributed by atoms with Crippen LogP contribution in [0.2, 0.25) is 0 Å². The molecule has 0 spiro atoms. The minimum atomic E-state index is -3.97. The highest BCUT2D eigenvalue weighted by atomic mass is 127. The lowest BCUT2D eigenvalue weighted by atomic mass is 10.00. The Bertz CT molecular complexity index is 697. The fourth-order valence-corrected chi connectivity index (χ4v) is 5.51. The van der Waals surface area contributed by atoms with E-state index in [0.29, 0.717) is 8.86 Å². The van der Waals surface area contributed by atoms with Crippen LogP contribution in [-0.4, -0.2) is 61.4 Å². The maximum atomic E-state index is 12.8. The van der Waals surface area contributed by atoms with Crippen molar-refractivity contribution in [1.29, 1.82) is 0 Å². The average Bonchev–Trinajstić information content (AvgIpc) is 2.81. The standard InChI is InChI=1S/C16H20I2O7S/c1-10-2-4-11(5-3-10)26(19,20)25-15-13(7-18)22-8-23-14-12(6-17)21-9-24-16(14)15/h2-5,12-16H,6-9H2,1H3. The number of rotatable bonds is 5. The molecule has 2 fully saturated rings. The molecule has 2 saturated heterocycles. The molecule has 0 radical (unpaired) electrons. The van der Waals surface area contributed by atoms with E-state index in [0.717, 1.165) is 5.56 Å². The van der Waals surface area contributed by atoms with Gasteiger partial charge in [-0.15, -0.1) is 0 Å². The highest BCUT2D eigenvalue weighted by Gasteiger charge is 2.48. The quantitative estimate of drug-likeness (QED) is 0.288. The van der Waals surface area contributed by atoms with E-state index < -0.39 is 34.5 Å². The number of fused-ring (bicyclic) bond motifs is 1. The van der Waals surface area contributed by atoms with Crippen molar-refractivity contribution in [3.05, 3.63) is 29.8 Å². The molecule has 0 bridgehead atoms. The van der Waals surface area contributed by atoms with Crippen molar-refractivity contribution in [2.45, 2.75) is 42.3 Å². The van der Waals surface area contributed by atoms with Gasteiger partial charge in [0.25, 0.3) is 10.1 Å². The molecule has 3 rings (SSSR count). The van der Waals surface area contributed by atoms with Crippen molar-refractivity contribution in [2.75, 3.05) is 22.4 Å². The fourth-order valence-electron chi connectivity index (χ4n) is 2.89. The highest BCUT2D eigenvalue weighted by Crippen LogP contribution is 2.31. The molecule has 0 aromatic heterocycles. The van der Waals surface area contributed by atoms with E-state index in [4.69, 9.17) is 23.1 Å². The van der Waals surface area contributed by atoms with Gasteiger partial charge in [0.1, 0.15) is 31.9 Å². The summed E-state index contributed by atoms with van der Waals surface area (Å²) in [5, 5.41) is 0. The lowest BCUT2D eigenvalue weighted by Gasteiger charge is -2.39. The Labute approximate surface area is 180 Å². The van der Waals surface area contributed by atoms with Crippen molar-refractivity contribution in [1.82, 2.24) is 0 Å². The molecule has 2 heterocycles. The molecule has 2 aliphatic rings. The number of hydrogen-bond acceptors (Lipinski definition) is 7. The minimum Gasteiger partial charge on any atom is -0.349 e. The number of alkyl halides is 2. The van der Waals surface area contributed by atoms with E-state index in [-0.39, 0.29) is 24.6 Å². The monoisotopic (exact) mass is 610 g/mol. The van der Waals surface area contributed by atoms with Crippen LogP contribution in [0.4, 0.5) is 0 Å². The van der Waals surface area contributed by atoms with Crippen molar-refractivity contribution >= 4 is 55.3 Å². The summed E-state index contributed by atoms with van der Waals surface area (Å²) in [6, 6.07) is 6.54. The van der Waals surface area contributed by atoms with E-state index in [1.54, 1.807) is 12.1 Å². The predicted octanol–water partition coefficient (Wildman–Crippen LogP) is 2.42. The summed E-state index contributed by atoms with van der Waals surface area (Å²) in [4.78, 5) is 0.106. The number of benzene rings is 1. The van der Waals surface area contributed by atoms with Crippen LogP contribution in [0.5, 0.6) is 0 Å². The van der Waals surface area contributed by atoms with Gasteiger partial charge in [0.15, 0.2) is 0 Å². The van der Waals surface area contributed by atoms with Crippen LogP contribution in [0.25, 0.3) is 0 Å². The molecule has 26 heavy (non-hydrogen) atoms. The van der Waals surface area contributed by atoms with Crippen molar-refractivity contribution < 1.29 is 31.5 Å². The third-order valence-corrected chi connectivity index (χ3v) is 7.38. The van der Waals surface area contributed by atoms with Crippen molar-refractivity contribution in [2.24, 2.45) is 0 Å². The van der Waals surface area contributed by atoms with E-state index >= 15 is 0 Å². The van der Waals surface area contributed by atoms with Gasteiger partial charge in [-0.3, -0.25) is 4.18 Å². The second-order valence-corrected chi connectivity index (χ2v) is 9.38. The molecule has 146 valence electrons. The summed E-state index contributed by atoms with van der Waals surface area (Å²) in [6.45, 7) is 2.00. The molecule has 10 heteroatoms. The number of hydrogen-bond donors (Lipinski definition) is 0. The van der Waals surface area contributed by atoms with Crippen LogP contribution in [0.1, 0.15) is 5.56 Å². The van der Waals surface area contributed by atoms with Gasteiger partial charge in [-0.25, -0.2) is 0 Å². The number of aryl methyl sites for hydroxylation is 1. The van der Waals surface area contributed by atoms with Crippen LogP contribution < -0.4 is 0 Å². The van der Waals surface area contributed by atoms with Gasteiger partial charge in [-0.2, -0.15) is 8.42 Å². The Morgan fingerprint density at radius 1 is 0.962 bits per heavy atom. The molecule has 0 aliphatic carbocycles. The molecule has 0 saturated carbocycles. The van der Waals surface area contributed by atoms with E-state index in [2.05, 4.69) is 45.2 Å². The molecule has 5 atom stereocenters. The zero-order valence-electron chi connectivity index (χ0n) is 14.0. The predicted molar refractivity (Wildman–Crippen MR) is 110 cm³/mol. The molecule has 7 nitrogen and oxygen atoms in total.